The number of benzene rings is 2. The first-order chi connectivity index (χ1) is 14.3. The van der Waals surface area contributed by atoms with Crippen molar-refractivity contribution in [2.45, 2.75) is 37.5 Å². The van der Waals surface area contributed by atoms with Gasteiger partial charge in [-0.3, -0.25) is 4.72 Å². The van der Waals surface area contributed by atoms with Gasteiger partial charge in [-0.15, -0.1) is 0 Å². The lowest BCUT2D eigenvalue weighted by molar-refractivity contribution is 0.0695. The van der Waals surface area contributed by atoms with E-state index in [1.165, 1.54) is 18.2 Å². The van der Waals surface area contributed by atoms with E-state index in [4.69, 9.17) is 0 Å². The fourth-order valence-corrected chi connectivity index (χ4v) is 4.42. The van der Waals surface area contributed by atoms with Crippen LogP contribution in [0.25, 0.3) is 0 Å². The Bertz CT molecular complexity index is 1040. The average Bonchev–Trinajstić information content (AvgIpc) is 2.97. The number of aryl methyl sites for hydroxylation is 1. The number of sulfonamides is 1. The van der Waals surface area contributed by atoms with Crippen molar-refractivity contribution in [3.63, 3.8) is 0 Å². The Balaban J connectivity index is 1.75. The van der Waals surface area contributed by atoms with Crippen LogP contribution in [0.5, 0.6) is 0 Å². The number of nitrogens with zero attached hydrogens (tertiary/aromatic N) is 1. The predicted molar refractivity (Wildman–Crippen MR) is 114 cm³/mol. The molecule has 3 rings (SSSR count). The molecule has 0 aromatic heterocycles. The molecule has 1 heterocycles. The summed E-state index contributed by atoms with van der Waals surface area (Å²) in [7, 11) is -3.99. The Labute approximate surface area is 176 Å². The van der Waals surface area contributed by atoms with E-state index < -0.39 is 16.0 Å². The van der Waals surface area contributed by atoms with Crippen LogP contribution in [-0.4, -0.2) is 43.5 Å². The second kappa shape index (κ2) is 9.17. The molecule has 160 valence electrons. The Morgan fingerprint density at radius 1 is 0.967 bits per heavy atom. The molecule has 0 aliphatic carbocycles. The number of carboxylic acids is 1. The van der Waals surface area contributed by atoms with E-state index in [0.717, 1.165) is 31.7 Å². The number of amides is 2. The Morgan fingerprint density at radius 2 is 1.63 bits per heavy atom. The molecule has 1 aliphatic heterocycles. The van der Waals surface area contributed by atoms with Gasteiger partial charge < -0.3 is 15.3 Å². The average molecular weight is 432 g/mol. The molecule has 8 nitrogen and oxygen atoms in total. The summed E-state index contributed by atoms with van der Waals surface area (Å²) in [6, 6.07) is 10.1. The number of anilines is 2. The molecule has 0 unspecified atom stereocenters. The van der Waals surface area contributed by atoms with Crippen molar-refractivity contribution in [3.8, 4) is 0 Å². The quantitative estimate of drug-likeness (QED) is 0.664. The number of hydrogen-bond donors (Lipinski definition) is 3. The Morgan fingerprint density at radius 3 is 2.30 bits per heavy atom. The fraction of sp³-hybridized carbons (Fsp3) is 0.333. The third-order valence-electron chi connectivity index (χ3n) is 5.01. The number of urea groups is 1. The molecule has 0 spiro atoms. The first-order valence-corrected chi connectivity index (χ1v) is 11.3. The zero-order valence-electron chi connectivity index (χ0n) is 16.7. The normalized spacial score (nSPS) is 14.6. The van der Waals surface area contributed by atoms with E-state index >= 15 is 0 Å². The molecule has 0 saturated carbocycles. The molecule has 1 fully saturated rings. The highest BCUT2D eigenvalue weighted by Gasteiger charge is 2.19. The Hall–Kier alpha value is -3.07. The van der Waals surface area contributed by atoms with Gasteiger partial charge in [0.05, 0.1) is 16.1 Å². The summed E-state index contributed by atoms with van der Waals surface area (Å²) in [5, 5.41) is 12.0. The van der Waals surface area contributed by atoms with Gasteiger partial charge in [0.25, 0.3) is 10.0 Å². The SMILES string of the molecule is Cc1ccc(S(=O)(=O)Nc2cccc(NC(=O)N3CCCCCC3)c2)cc1C(=O)O. The van der Waals surface area contributed by atoms with Crippen LogP contribution >= 0.6 is 0 Å². The summed E-state index contributed by atoms with van der Waals surface area (Å²) >= 11 is 0. The molecule has 1 aliphatic rings. The summed E-state index contributed by atoms with van der Waals surface area (Å²) in [6.45, 7) is 3.01. The summed E-state index contributed by atoms with van der Waals surface area (Å²) < 4.78 is 27.9. The summed E-state index contributed by atoms with van der Waals surface area (Å²) in [6.07, 6.45) is 4.18. The van der Waals surface area contributed by atoms with Gasteiger partial charge in [0.2, 0.25) is 0 Å². The largest absolute Gasteiger partial charge is 0.478 e. The summed E-state index contributed by atoms with van der Waals surface area (Å²) in [4.78, 5) is 25.4. The van der Waals surface area contributed by atoms with E-state index in [-0.39, 0.29) is 22.2 Å². The second-order valence-electron chi connectivity index (χ2n) is 7.30. The van der Waals surface area contributed by atoms with Gasteiger partial charge in [-0.2, -0.15) is 0 Å². The van der Waals surface area contributed by atoms with E-state index in [9.17, 15) is 23.1 Å². The van der Waals surface area contributed by atoms with E-state index in [0.29, 0.717) is 24.3 Å². The molecule has 2 aromatic carbocycles. The lowest BCUT2D eigenvalue weighted by atomic mass is 10.1. The third-order valence-corrected chi connectivity index (χ3v) is 6.39. The van der Waals surface area contributed by atoms with Crippen LogP contribution in [-0.2, 0) is 10.0 Å². The zero-order chi connectivity index (χ0) is 21.7. The van der Waals surface area contributed by atoms with E-state index in [1.54, 1.807) is 30.0 Å². The standard InChI is InChI=1S/C21H25N3O5S/c1-15-9-10-18(14-19(15)20(25)26)30(28,29)23-17-8-6-7-16(13-17)22-21(27)24-11-4-2-3-5-12-24/h6-10,13-14,23H,2-5,11-12H2,1H3,(H,22,27)(H,25,26). The number of hydrogen-bond acceptors (Lipinski definition) is 4. The molecular formula is C21H25N3O5S. The van der Waals surface area contributed by atoms with Gasteiger partial charge in [0, 0.05) is 18.8 Å². The smallest absolute Gasteiger partial charge is 0.335 e. The minimum atomic E-state index is -3.99. The number of likely N-dealkylation sites (tertiary alicyclic amines) is 1. The van der Waals surface area contributed by atoms with Crippen molar-refractivity contribution in [1.82, 2.24) is 4.90 Å². The van der Waals surface area contributed by atoms with Gasteiger partial charge in [-0.1, -0.05) is 25.0 Å². The first-order valence-electron chi connectivity index (χ1n) is 9.79. The topological polar surface area (TPSA) is 116 Å². The van der Waals surface area contributed by atoms with Crippen LogP contribution in [0.3, 0.4) is 0 Å². The number of carbonyl (C=O) groups excluding carboxylic acids is 1. The maximum atomic E-state index is 12.7. The molecular weight excluding hydrogens is 406 g/mol. The monoisotopic (exact) mass is 431 g/mol. The highest BCUT2D eigenvalue weighted by Crippen LogP contribution is 2.22. The van der Waals surface area contributed by atoms with Crippen LogP contribution < -0.4 is 10.0 Å². The lowest BCUT2D eigenvalue weighted by Crippen LogP contribution is -2.35. The maximum Gasteiger partial charge on any atom is 0.335 e. The number of carboxylic acid groups (broad SMARTS) is 1. The van der Waals surface area contributed by atoms with Gasteiger partial charge in [-0.25, -0.2) is 18.0 Å². The summed E-state index contributed by atoms with van der Waals surface area (Å²) in [5.74, 6) is -1.19. The molecule has 30 heavy (non-hydrogen) atoms. The van der Waals surface area contributed by atoms with Crippen molar-refractivity contribution in [2.24, 2.45) is 0 Å². The second-order valence-corrected chi connectivity index (χ2v) is 8.98. The molecule has 3 N–H and O–H groups in total. The van der Waals surface area contributed by atoms with E-state index in [1.807, 2.05) is 0 Å². The molecule has 2 amide bonds. The fourth-order valence-electron chi connectivity index (χ4n) is 3.35. The van der Waals surface area contributed by atoms with Crippen LogP contribution in [0.1, 0.15) is 41.6 Å². The number of carbonyl (C=O) groups is 2. The van der Waals surface area contributed by atoms with Crippen molar-refractivity contribution < 1.29 is 23.1 Å². The van der Waals surface area contributed by atoms with Gasteiger partial charge in [0.15, 0.2) is 0 Å². The van der Waals surface area contributed by atoms with Crippen molar-refractivity contribution in [2.75, 3.05) is 23.1 Å². The minimum Gasteiger partial charge on any atom is -0.478 e. The summed E-state index contributed by atoms with van der Waals surface area (Å²) in [5.41, 5.74) is 1.14. The minimum absolute atomic E-state index is 0.0728. The van der Waals surface area contributed by atoms with Gasteiger partial charge in [-0.05, 0) is 55.7 Å². The van der Waals surface area contributed by atoms with Crippen LogP contribution in [0, 0.1) is 6.92 Å². The molecule has 0 atom stereocenters. The Kier molecular flexibility index (Phi) is 6.61. The molecule has 0 bridgehead atoms. The number of aromatic carboxylic acids is 1. The first kappa shape index (κ1) is 21.6. The molecule has 0 radical (unpaired) electrons. The predicted octanol–water partition coefficient (Wildman–Crippen LogP) is 3.90. The van der Waals surface area contributed by atoms with E-state index in [2.05, 4.69) is 10.0 Å². The maximum absolute atomic E-state index is 12.7. The van der Waals surface area contributed by atoms with Crippen molar-refractivity contribution >= 4 is 33.4 Å². The van der Waals surface area contributed by atoms with Gasteiger partial charge in [0.1, 0.15) is 0 Å². The van der Waals surface area contributed by atoms with Crippen LogP contribution in [0.15, 0.2) is 47.4 Å². The number of nitrogens with one attached hydrogen (secondary N) is 2. The molecule has 1 saturated heterocycles. The zero-order valence-corrected chi connectivity index (χ0v) is 17.5. The van der Waals surface area contributed by atoms with Crippen molar-refractivity contribution in [3.05, 3.63) is 53.6 Å². The van der Waals surface area contributed by atoms with Gasteiger partial charge >= 0.3 is 12.0 Å². The molecule has 2 aromatic rings. The third kappa shape index (κ3) is 5.29. The molecule has 9 heteroatoms. The number of rotatable bonds is 5. The highest BCUT2D eigenvalue weighted by molar-refractivity contribution is 7.92. The van der Waals surface area contributed by atoms with Crippen LogP contribution in [0.2, 0.25) is 0 Å². The van der Waals surface area contributed by atoms with Crippen LogP contribution in [0.4, 0.5) is 16.2 Å². The highest BCUT2D eigenvalue weighted by atomic mass is 32.2. The lowest BCUT2D eigenvalue weighted by Gasteiger charge is -2.21. The van der Waals surface area contributed by atoms with Crippen molar-refractivity contribution in [1.29, 1.82) is 0 Å².